The molecule has 0 spiro atoms. The minimum absolute atomic E-state index is 0.00606. The molecule has 0 unspecified atom stereocenters. The molecule has 4 rings (SSSR count). The number of rotatable bonds is 4. The third kappa shape index (κ3) is 2.98. The molecule has 3 aromatic heterocycles. The van der Waals surface area contributed by atoms with Crippen molar-refractivity contribution in [3.05, 3.63) is 89.5 Å². The number of nitrogens with one attached hydrogen (secondary N) is 2. The van der Waals surface area contributed by atoms with Crippen molar-refractivity contribution in [2.45, 2.75) is 19.9 Å². The molecule has 0 bridgehead atoms. The van der Waals surface area contributed by atoms with E-state index >= 15 is 0 Å². The lowest BCUT2D eigenvalue weighted by Crippen LogP contribution is -2.14. The first-order valence-corrected chi connectivity index (χ1v) is 8.38. The lowest BCUT2D eigenvalue weighted by molar-refractivity contribution is 0.916. The van der Waals surface area contributed by atoms with E-state index in [2.05, 4.69) is 76.6 Å². The number of aromatic nitrogens is 3. The molecule has 1 aromatic carbocycles. The monoisotopic (exact) mass is 328 g/mol. The van der Waals surface area contributed by atoms with Gasteiger partial charge in [0.2, 0.25) is 0 Å². The molecule has 1 atom stereocenters. The Hall–Kier alpha value is -3.14. The van der Waals surface area contributed by atoms with Crippen LogP contribution in [0.5, 0.6) is 0 Å². The average Bonchev–Trinajstić information content (AvgIpc) is 2.96. The number of pyridine rings is 2. The van der Waals surface area contributed by atoms with Crippen LogP contribution in [0.1, 0.15) is 28.4 Å². The normalized spacial score (nSPS) is 12.2. The average molecular weight is 328 g/mol. The molecular formula is C21H20N4. The number of aryl methyl sites for hydroxylation is 2. The number of nitrogens with zero attached hydrogens (tertiary/aromatic N) is 2. The fourth-order valence-corrected chi connectivity index (χ4v) is 3.31. The molecule has 3 heterocycles. The molecule has 4 heteroatoms. The van der Waals surface area contributed by atoms with Gasteiger partial charge in [0.25, 0.3) is 0 Å². The molecule has 0 amide bonds. The van der Waals surface area contributed by atoms with Gasteiger partial charge in [-0.05, 0) is 55.3 Å². The molecule has 0 aliphatic rings. The highest BCUT2D eigenvalue weighted by atomic mass is 15.0. The SMILES string of the molecule is Cc1ccnc(N[C@@H](c2ccncc2)c2c(C)[nH]c3ccccc23)c1. The molecule has 4 nitrogen and oxygen atoms in total. The topological polar surface area (TPSA) is 53.6 Å². The lowest BCUT2D eigenvalue weighted by Gasteiger charge is -2.21. The molecular weight excluding hydrogens is 308 g/mol. The first kappa shape index (κ1) is 15.4. The molecule has 0 saturated carbocycles. The fraction of sp³-hybridized carbons (Fsp3) is 0.143. The number of fused-ring (bicyclic) bond motifs is 1. The number of hydrogen-bond donors (Lipinski definition) is 2. The molecule has 0 fully saturated rings. The van der Waals surface area contributed by atoms with Crippen LogP contribution in [0.4, 0.5) is 5.82 Å². The van der Waals surface area contributed by atoms with Crippen LogP contribution in [-0.4, -0.2) is 15.0 Å². The number of anilines is 1. The van der Waals surface area contributed by atoms with Crippen LogP contribution in [0.25, 0.3) is 10.9 Å². The third-order valence-corrected chi connectivity index (χ3v) is 4.48. The highest BCUT2D eigenvalue weighted by Crippen LogP contribution is 2.34. The Kier molecular flexibility index (Phi) is 3.94. The molecule has 0 saturated heterocycles. The van der Waals surface area contributed by atoms with Gasteiger partial charge in [0.05, 0.1) is 6.04 Å². The van der Waals surface area contributed by atoms with Gasteiger partial charge in [-0.25, -0.2) is 4.98 Å². The Morgan fingerprint density at radius 2 is 1.76 bits per heavy atom. The molecule has 0 aliphatic carbocycles. The maximum atomic E-state index is 4.49. The second kappa shape index (κ2) is 6.40. The summed E-state index contributed by atoms with van der Waals surface area (Å²) in [6, 6.07) is 16.6. The van der Waals surface area contributed by atoms with E-state index in [0.29, 0.717) is 0 Å². The van der Waals surface area contributed by atoms with Gasteiger partial charge < -0.3 is 10.3 Å². The van der Waals surface area contributed by atoms with Gasteiger partial charge in [-0.2, -0.15) is 0 Å². The zero-order chi connectivity index (χ0) is 17.2. The maximum absolute atomic E-state index is 4.49. The predicted octanol–water partition coefficient (Wildman–Crippen LogP) is 4.78. The molecule has 0 aliphatic heterocycles. The standard InChI is InChI=1S/C21H20N4/c1-14-7-12-23-19(13-14)25-21(16-8-10-22-11-9-16)20-15(2)24-18-6-4-3-5-17(18)20/h3-13,21,24H,1-2H3,(H,23,25)/t21-/m0/s1. The van der Waals surface area contributed by atoms with Gasteiger partial charge in [-0.1, -0.05) is 18.2 Å². The van der Waals surface area contributed by atoms with E-state index in [1.54, 1.807) is 0 Å². The minimum Gasteiger partial charge on any atom is -0.359 e. The highest BCUT2D eigenvalue weighted by Gasteiger charge is 2.21. The van der Waals surface area contributed by atoms with Crippen LogP contribution in [0.15, 0.2) is 67.1 Å². The number of aromatic amines is 1. The summed E-state index contributed by atoms with van der Waals surface area (Å²) in [7, 11) is 0. The summed E-state index contributed by atoms with van der Waals surface area (Å²) in [5.74, 6) is 0.867. The summed E-state index contributed by atoms with van der Waals surface area (Å²) in [4.78, 5) is 12.1. The quantitative estimate of drug-likeness (QED) is 0.567. The Balaban J connectivity index is 1.87. The van der Waals surface area contributed by atoms with E-state index < -0.39 is 0 Å². The third-order valence-electron chi connectivity index (χ3n) is 4.48. The van der Waals surface area contributed by atoms with Crippen LogP contribution in [-0.2, 0) is 0 Å². The summed E-state index contributed by atoms with van der Waals surface area (Å²) >= 11 is 0. The highest BCUT2D eigenvalue weighted by molar-refractivity contribution is 5.86. The summed E-state index contributed by atoms with van der Waals surface area (Å²) in [5.41, 5.74) is 5.88. The molecule has 2 N–H and O–H groups in total. The van der Waals surface area contributed by atoms with Gasteiger partial charge in [0, 0.05) is 40.8 Å². The zero-order valence-electron chi connectivity index (χ0n) is 14.3. The van der Waals surface area contributed by atoms with Gasteiger partial charge >= 0.3 is 0 Å². The second-order valence-corrected chi connectivity index (χ2v) is 6.29. The van der Waals surface area contributed by atoms with Crippen molar-refractivity contribution in [2.24, 2.45) is 0 Å². The first-order valence-electron chi connectivity index (χ1n) is 8.38. The summed E-state index contributed by atoms with van der Waals surface area (Å²) in [6.07, 6.45) is 5.50. The second-order valence-electron chi connectivity index (χ2n) is 6.29. The Morgan fingerprint density at radius 1 is 0.960 bits per heavy atom. The van der Waals surface area contributed by atoms with Crippen molar-refractivity contribution in [3.8, 4) is 0 Å². The number of H-pyrrole nitrogens is 1. The van der Waals surface area contributed by atoms with E-state index in [1.165, 1.54) is 16.5 Å². The van der Waals surface area contributed by atoms with Gasteiger partial charge in [0.1, 0.15) is 5.82 Å². The first-order chi connectivity index (χ1) is 12.2. The van der Waals surface area contributed by atoms with Crippen molar-refractivity contribution < 1.29 is 0 Å². The summed E-state index contributed by atoms with van der Waals surface area (Å²) < 4.78 is 0. The van der Waals surface area contributed by atoms with Crippen LogP contribution in [0, 0.1) is 13.8 Å². The lowest BCUT2D eigenvalue weighted by atomic mass is 9.96. The number of hydrogen-bond acceptors (Lipinski definition) is 3. The van der Waals surface area contributed by atoms with E-state index in [-0.39, 0.29) is 6.04 Å². The fourth-order valence-electron chi connectivity index (χ4n) is 3.31. The van der Waals surface area contributed by atoms with Gasteiger partial charge in [0.15, 0.2) is 0 Å². The van der Waals surface area contributed by atoms with Crippen molar-refractivity contribution in [1.29, 1.82) is 0 Å². The van der Waals surface area contributed by atoms with Crippen LogP contribution in [0.2, 0.25) is 0 Å². The zero-order valence-corrected chi connectivity index (χ0v) is 14.3. The van der Waals surface area contributed by atoms with Crippen LogP contribution >= 0.6 is 0 Å². The van der Waals surface area contributed by atoms with Crippen LogP contribution < -0.4 is 5.32 Å². The van der Waals surface area contributed by atoms with E-state index in [0.717, 1.165) is 22.6 Å². The smallest absolute Gasteiger partial charge is 0.126 e. The van der Waals surface area contributed by atoms with E-state index in [1.807, 2.05) is 24.7 Å². The van der Waals surface area contributed by atoms with Gasteiger partial charge in [-0.3, -0.25) is 4.98 Å². The van der Waals surface area contributed by atoms with Gasteiger partial charge in [-0.15, -0.1) is 0 Å². The maximum Gasteiger partial charge on any atom is 0.126 e. The Bertz CT molecular complexity index is 1000. The summed E-state index contributed by atoms with van der Waals surface area (Å²) in [5, 5.41) is 4.84. The van der Waals surface area contributed by atoms with Crippen molar-refractivity contribution in [3.63, 3.8) is 0 Å². The van der Waals surface area contributed by atoms with Crippen molar-refractivity contribution >= 4 is 16.7 Å². The summed E-state index contributed by atoms with van der Waals surface area (Å²) in [6.45, 7) is 4.19. The molecule has 0 radical (unpaired) electrons. The number of para-hydroxylation sites is 1. The van der Waals surface area contributed by atoms with E-state index in [4.69, 9.17) is 0 Å². The number of benzene rings is 1. The van der Waals surface area contributed by atoms with Crippen molar-refractivity contribution in [2.75, 3.05) is 5.32 Å². The van der Waals surface area contributed by atoms with Crippen LogP contribution in [0.3, 0.4) is 0 Å². The van der Waals surface area contributed by atoms with E-state index in [9.17, 15) is 0 Å². The minimum atomic E-state index is -0.00606. The molecule has 25 heavy (non-hydrogen) atoms. The Morgan fingerprint density at radius 3 is 2.56 bits per heavy atom. The Labute approximate surface area is 147 Å². The largest absolute Gasteiger partial charge is 0.359 e. The molecule has 4 aromatic rings. The molecule has 124 valence electrons. The van der Waals surface area contributed by atoms with Crippen molar-refractivity contribution in [1.82, 2.24) is 15.0 Å². The predicted molar refractivity (Wildman–Crippen MR) is 102 cm³/mol.